The predicted octanol–water partition coefficient (Wildman–Crippen LogP) is 3.64. The average molecular weight is 258 g/mol. The van der Waals surface area contributed by atoms with Crippen LogP contribution in [0.2, 0.25) is 0 Å². The second-order valence-corrected chi connectivity index (χ2v) is 5.18. The molecule has 0 bridgehead atoms. The Kier molecular flexibility index (Phi) is 2.59. The Bertz CT molecular complexity index is 763. The standard InChI is InChI=1S/C18H14N2/c1-2-4-17-14(3-1)12-15-5-6-16(20-18(15)17)11-13-7-9-19-10-8-13/h1-10H,11-12H2. The van der Waals surface area contributed by atoms with Crippen molar-refractivity contribution < 1.29 is 0 Å². The van der Waals surface area contributed by atoms with E-state index in [9.17, 15) is 0 Å². The van der Waals surface area contributed by atoms with Gasteiger partial charge in [-0.15, -0.1) is 0 Å². The van der Waals surface area contributed by atoms with Crippen molar-refractivity contribution in [1.82, 2.24) is 9.97 Å². The lowest BCUT2D eigenvalue weighted by molar-refractivity contribution is 1.06. The molecule has 2 heterocycles. The van der Waals surface area contributed by atoms with Crippen LogP contribution < -0.4 is 0 Å². The van der Waals surface area contributed by atoms with Crippen molar-refractivity contribution in [3.63, 3.8) is 0 Å². The average Bonchev–Trinajstić information content (AvgIpc) is 2.86. The zero-order valence-electron chi connectivity index (χ0n) is 11.1. The van der Waals surface area contributed by atoms with Crippen LogP contribution in [0.3, 0.4) is 0 Å². The minimum atomic E-state index is 0.859. The van der Waals surface area contributed by atoms with Crippen molar-refractivity contribution >= 4 is 0 Å². The molecule has 0 aliphatic heterocycles. The number of benzene rings is 1. The fourth-order valence-corrected chi connectivity index (χ4v) is 2.82. The summed E-state index contributed by atoms with van der Waals surface area (Å²) in [4.78, 5) is 8.92. The number of hydrogen-bond donors (Lipinski definition) is 0. The van der Waals surface area contributed by atoms with E-state index in [2.05, 4.69) is 41.4 Å². The van der Waals surface area contributed by atoms with Crippen molar-refractivity contribution in [2.45, 2.75) is 12.8 Å². The molecule has 0 saturated carbocycles. The van der Waals surface area contributed by atoms with E-state index < -0.39 is 0 Å². The topological polar surface area (TPSA) is 25.8 Å². The molecule has 4 rings (SSSR count). The lowest BCUT2D eigenvalue weighted by Crippen LogP contribution is -1.95. The molecule has 0 atom stereocenters. The predicted molar refractivity (Wildman–Crippen MR) is 79.5 cm³/mol. The maximum Gasteiger partial charge on any atom is 0.0743 e. The number of pyridine rings is 2. The number of hydrogen-bond acceptors (Lipinski definition) is 2. The van der Waals surface area contributed by atoms with Gasteiger partial charge in [-0.3, -0.25) is 9.97 Å². The van der Waals surface area contributed by atoms with Crippen LogP contribution in [0, 0.1) is 0 Å². The Balaban J connectivity index is 1.73. The molecule has 1 aromatic carbocycles. The summed E-state index contributed by atoms with van der Waals surface area (Å²) in [6, 6.07) is 17.0. The summed E-state index contributed by atoms with van der Waals surface area (Å²) in [5.74, 6) is 0. The fourth-order valence-electron chi connectivity index (χ4n) is 2.82. The quantitative estimate of drug-likeness (QED) is 0.548. The van der Waals surface area contributed by atoms with Crippen LogP contribution in [0.1, 0.15) is 22.4 Å². The van der Waals surface area contributed by atoms with Gasteiger partial charge in [-0.1, -0.05) is 30.3 Å². The van der Waals surface area contributed by atoms with E-state index in [1.54, 1.807) is 0 Å². The third-order valence-electron chi connectivity index (χ3n) is 3.82. The van der Waals surface area contributed by atoms with E-state index in [1.807, 2.05) is 24.5 Å². The van der Waals surface area contributed by atoms with Gasteiger partial charge in [0.25, 0.3) is 0 Å². The molecule has 0 unspecified atom stereocenters. The van der Waals surface area contributed by atoms with Gasteiger partial charge >= 0.3 is 0 Å². The molecule has 0 spiro atoms. The summed E-state index contributed by atoms with van der Waals surface area (Å²) in [6.45, 7) is 0. The molecule has 2 nitrogen and oxygen atoms in total. The van der Waals surface area contributed by atoms with E-state index in [4.69, 9.17) is 4.98 Å². The van der Waals surface area contributed by atoms with Crippen molar-refractivity contribution in [1.29, 1.82) is 0 Å². The highest BCUT2D eigenvalue weighted by Crippen LogP contribution is 2.34. The highest BCUT2D eigenvalue weighted by atomic mass is 14.7. The van der Waals surface area contributed by atoms with Crippen LogP contribution in [-0.2, 0) is 12.8 Å². The monoisotopic (exact) mass is 258 g/mol. The van der Waals surface area contributed by atoms with Crippen molar-refractivity contribution in [2.24, 2.45) is 0 Å². The Labute approximate surface area is 118 Å². The first kappa shape index (κ1) is 11.4. The zero-order valence-corrected chi connectivity index (χ0v) is 11.1. The Hall–Kier alpha value is -2.48. The molecule has 1 aliphatic rings. The van der Waals surface area contributed by atoms with E-state index >= 15 is 0 Å². The van der Waals surface area contributed by atoms with Crippen LogP contribution in [0.5, 0.6) is 0 Å². The van der Waals surface area contributed by atoms with Gasteiger partial charge in [0, 0.05) is 36.5 Å². The molecule has 0 fully saturated rings. The molecule has 0 saturated heterocycles. The Morgan fingerprint density at radius 3 is 2.60 bits per heavy atom. The third-order valence-corrected chi connectivity index (χ3v) is 3.82. The van der Waals surface area contributed by atoms with Gasteiger partial charge in [0.05, 0.1) is 5.69 Å². The number of nitrogens with zero attached hydrogens (tertiary/aromatic N) is 2. The van der Waals surface area contributed by atoms with Crippen molar-refractivity contribution in [3.8, 4) is 11.3 Å². The van der Waals surface area contributed by atoms with Crippen LogP contribution >= 0.6 is 0 Å². The SMILES string of the molecule is c1ccc2c(c1)Cc1ccc(Cc3ccncc3)nc1-2. The maximum atomic E-state index is 4.87. The highest BCUT2D eigenvalue weighted by Gasteiger charge is 2.19. The second-order valence-electron chi connectivity index (χ2n) is 5.18. The lowest BCUT2D eigenvalue weighted by Gasteiger charge is -2.05. The van der Waals surface area contributed by atoms with Crippen LogP contribution in [0.25, 0.3) is 11.3 Å². The summed E-state index contributed by atoms with van der Waals surface area (Å²) in [5.41, 5.74) is 7.54. The smallest absolute Gasteiger partial charge is 0.0743 e. The fraction of sp³-hybridized carbons (Fsp3) is 0.111. The number of rotatable bonds is 2. The van der Waals surface area contributed by atoms with Crippen LogP contribution in [0.4, 0.5) is 0 Å². The third kappa shape index (κ3) is 1.90. The molecule has 1 aliphatic carbocycles. The summed E-state index contributed by atoms with van der Waals surface area (Å²) >= 11 is 0. The van der Waals surface area contributed by atoms with E-state index in [1.165, 1.54) is 22.3 Å². The lowest BCUT2D eigenvalue weighted by atomic mass is 10.1. The summed E-state index contributed by atoms with van der Waals surface area (Å²) < 4.78 is 0. The van der Waals surface area contributed by atoms with E-state index in [-0.39, 0.29) is 0 Å². The van der Waals surface area contributed by atoms with E-state index in [0.717, 1.165) is 24.2 Å². The summed E-state index contributed by atoms with van der Waals surface area (Å²) in [7, 11) is 0. The highest BCUT2D eigenvalue weighted by molar-refractivity contribution is 5.73. The molecular weight excluding hydrogens is 244 g/mol. The Morgan fingerprint density at radius 2 is 1.70 bits per heavy atom. The summed E-state index contributed by atoms with van der Waals surface area (Å²) in [5, 5.41) is 0. The first-order chi connectivity index (χ1) is 9.90. The number of fused-ring (bicyclic) bond motifs is 3. The second kappa shape index (κ2) is 4.57. The van der Waals surface area contributed by atoms with Gasteiger partial charge in [0.2, 0.25) is 0 Å². The molecule has 96 valence electrons. The normalized spacial score (nSPS) is 12.0. The molecule has 0 N–H and O–H groups in total. The maximum absolute atomic E-state index is 4.87. The molecule has 2 aromatic heterocycles. The van der Waals surface area contributed by atoms with Gasteiger partial charge in [-0.25, -0.2) is 0 Å². The minimum Gasteiger partial charge on any atom is -0.265 e. The van der Waals surface area contributed by atoms with Crippen molar-refractivity contribution in [3.05, 3.63) is 83.3 Å². The molecule has 3 aromatic rings. The molecule has 2 heteroatoms. The first-order valence-corrected chi connectivity index (χ1v) is 6.86. The van der Waals surface area contributed by atoms with Gasteiger partial charge in [-0.05, 0) is 34.9 Å². The first-order valence-electron chi connectivity index (χ1n) is 6.86. The largest absolute Gasteiger partial charge is 0.265 e. The number of aromatic nitrogens is 2. The van der Waals surface area contributed by atoms with Gasteiger partial charge in [-0.2, -0.15) is 0 Å². The molecule has 0 amide bonds. The molecule has 20 heavy (non-hydrogen) atoms. The Morgan fingerprint density at radius 1 is 0.850 bits per heavy atom. The molecule has 0 radical (unpaired) electrons. The zero-order chi connectivity index (χ0) is 13.4. The van der Waals surface area contributed by atoms with Crippen molar-refractivity contribution in [2.75, 3.05) is 0 Å². The molecular formula is C18H14N2. The van der Waals surface area contributed by atoms with E-state index in [0.29, 0.717) is 0 Å². The van der Waals surface area contributed by atoms with Gasteiger partial charge in [0.1, 0.15) is 0 Å². The van der Waals surface area contributed by atoms with Crippen LogP contribution in [0.15, 0.2) is 60.9 Å². The van der Waals surface area contributed by atoms with Gasteiger partial charge < -0.3 is 0 Å². The minimum absolute atomic E-state index is 0.859. The van der Waals surface area contributed by atoms with Gasteiger partial charge in [0.15, 0.2) is 0 Å². The van der Waals surface area contributed by atoms with Crippen LogP contribution in [-0.4, -0.2) is 9.97 Å². The summed E-state index contributed by atoms with van der Waals surface area (Å²) in [6.07, 6.45) is 5.53.